The highest BCUT2D eigenvalue weighted by Crippen LogP contribution is 2.28. The molecule has 1 aromatic carbocycles. The number of esters is 1. The number of hydrogen-bond acceptors (Lipinski definition) is 4. The third kappa shape index (κ3) is 1.44. The van der Waals surface area contributed by atoms with Gasteiger partial charge in [-0.25, -0.2) is 0 Å². The summed E-state index contributed by atoms with van der Waals surface area (Å²) in [7, 11) is 0. The van der Waals surface area contributed by atoms with Crippen molar-refractivity contribution >= 4 is 18.0 Å². The predicted molar refractivity (Wildman–Crippen MR) is 50.7 cm³/mol. The Morgan fingerprint density at radius 2 is 2.07 bits per heavy atom. The van der Waals surface area contributed by atoms with Gasteiger partial charge in [-0.2, -0.15) is 0 Å². The van der Waals surface area contributed by atoms with E-state index in [1.54, 1.807) is 18.2 Å². The molecule has 0 fully saturated rings. The third-order valence-corrected chi connectivity index (χ3v) is 2.28. The zero-order valence-electron chi connectivity index (χ0n) is 8.02. The van der Waals surface area contributed by atoms with Crippen LogP contribution in [-0.4, -0.2) is 18.0 Å². The number of fused-ring (bicyclic) bond motifs is 1. The lowest BCUT2D eigenvalue weighted by Gasteiger charge is -2.18. The fourth-order valence-electron chi connectivity index (χ4n) is 1.49. The van der Waals surface area contributed by atoms with Crippen LogP contribution in [0.15, 0.2) is 18.2 Å². The molecule has 4 heteroatoms. The van der Waals surface area contributed by atoms with Gasteiger partial charge < -0.3 is 9.53 Å². The number of benzene rings is 1. The van der Waals surface area contributed by atoms with E-state index in [9.17, 15) is 14.4 Å². The largest absolute Gasteiger partial charge is 0.425 e. The van der Waals surface area contributed by atoms with E-state index in [1.807, 2.05) is 6.92 Å². The van der Waals surface area contributed by atoms with Crippen LogP contribution >= 0.6 is 0 Å². The fourth-order valence-corrected chi connectivity index (χ4v) is 1.49. The van der Waals surface area contributed by atoms with Gasteiger partial charge in [-0.3, -0.25) is 9.59 Å². The average molecular weight is 204 g/mol. The van der Waals surface area contributed by atoms with Crippen molar-refractivity contribution in [2.75, 3.05) is 0 Å². The van der Waals surface area contributed by atoms with Gasteiger partial charge in [0.05, 0.1) is 5.56 Å². The van der Waals surface area contributed by atoms with Gasteiger partial charge in [-0.1, -0.05) is 11.6 Å². The average Bonchev–Trinajstić information content (AvgIpc) is 2.20. The summed E-state index contributed by atoms with van der Waals surface area (Å²) in [6.07, 6.45) is 0.315. The molecule has 1 heterocycles. The minimum atomic E-state index is -1.31. The van der Waals surface area contributed by atoms with Crippen LogP contribution in [-0.2, 0) is 9.59 Å². The maximum absolute atomic E-state index is 11.7. The standard InChI is InChI=1S/C11H8O4/c1-6-2-3-9-7(4-6)10(13)8(5-12)11(14)15-9/h2-5,8H,1H3. The van der Waals surface area contributed by atoms with Crippen molar-refractivity contribution in [3.05, 3.63) is 29.3 Å². The molecule has 0 saturated carbocycles. The van der Waals surface area contributed by atoms with E-state index in [0.29, 0.717) is 11.8 Å². The van der Waals surface area contributed by atoms with E-state index in [-0.39, 0.29) is 5.75 Å². The molecule has 2 rings (SSSR count). The summed E-state index contributed by atoms with van der Waals surface area (Å²) in [5.41, 5.74) is 1.18. The van der Waals surface area contributed by atoms with E-state index in [0.717, 1.165) is 5.56 Å². The number of carbonyl (C=O) groups excluding carboxylic acids is 3. The summed E-state index contributed by atoms with van der Waals surface area (Å²) < 4.78 is 4.87. The van der Waals surface area contributed by atoms with Crippen LogP contribution in [0.2, 0.25) is 0 Å². The van der Waals surface area contributed by atoms with Gasteiger partial charge in [-0.05, 0) is 19.1 Å². The lowest BCUT2D eigenvalue weighted by Crippen LogP contribution is -2.34. The molecule has 0 spiro atoms. The number of carbonyl (C=O) groups is 3. The summed E-state index contributed by atoms with van der Waals surface area (Å²) >= 11 is 0. The Hall–Kier alpha value is -1.97. The molecule has 0 bridgehead atoms. The number of hydrogen-bond donors (Lipinski definition) is 0. The molecule has 1 aromatic rings. The van der Waals surface area contributed by atoms with Gasteiger partial charge in [0.2, 0.25) is 0 Å². The molecule has 76 valence electrons. The minimum absolute atomic E-state index is 0.230. The topological polar surface area (TPSA) is 60.4 Å². The molecular weight excluding hydrogens is 196 g/mol. The Kier molecular flexibility index (Phi) is 2.11. The van der Waals surface area contributed by atoms with Crippen LogP contribution in [0.25, 0.3) is 0 Å². The summed E-state index contributed by atoms with van der Waals surface area (Å²) in [5.74, 6) is -2.36. The molecule has 1 atom stereocenters. The molecule has 1 aliphatic heterocycles. The Balaban J connectivity index is 2.56. The monoisotopic (exact) mass is 204 g/mol. The second kappa shape index (κ2) is 3.31. The third-order valence-electron chi connectivity index (χ3n) is 2.28. The minimum Gasteiger partial charge on any atom is -0.425 e. The van der Waals surface area contributed by atoms with Gasteiger partial charge in [0, 0.05) is 0 Å². The smallest absolute Gasteiger partial charge is 0.329 e. The lowest BCUT2D eigenvalue weighted by atomic mass is 9.94. The van der Waals surface area contributed by atoms with Gasteiger partial charge in [0.25, 0.3) is 0 Å². The van der Waals surface area contributed by atoms with Crippen molar-refractivity contribution in [2.45, 2.75) is 6.92 Å². The maximum Gasteiger partial charge on any atom is 0.329 e. The first kappa shape index (κ1) is 9.58. The van der Waals surface area contributed by atoms with Crippen molar-refractivity contribution in [3.63, 3.8) is 0 Å². The summed E-state index contributed by atoms with van der Waals surface area (Å²) in [6, 6.07) is 4.91. The first-order valence-corrected chi connectivity index (χ1v) is 4.45. The maximum atomic E-state index is 11.7. The molecule has 0 N–H and O–H groups in total. The number of Topliss-reactive ketones (excluding diaryl/α,β-unsaturated/α-hetero) is 1. The summed E-state index contributed by atoms with van der Waals surface area (Å²) in [5, 5.41) is 0. The van der Waals surface area contributed by atoms with Crippen molar-refractivity contribution in [2.24, 2.45) is 5.92 Å². The van der Waals surface area contributed by atoms with E-state index in [1.165, 1.54) is 0 Å². The molecule has 0 radical (unpaired) electrons. The SMILES string of the molecule is Cc1ccc2c(c1)C(=O)C(C=O)C(=O)O2. The van der Waals surface area contributed by atoms with E-state index in [2.05, 4.69) is 0 Å². The summed E-state index contributed by atoms with van der Waals surface area (Å²) in [6.45, 7) is 1.82. The van der Waals surface area contributed by atoms with Gasteiger partial charge in [-0.15, -0.1) is 0 Å². The van der Waals surface area contributed by atoms with Crippen LogP contribution in [0.5, 0.6) is 5.75 Å². The van der Waals surface area contributed by atoms with Gasteiger partial charge in [0.1, 0.15) is 12.0 Å². The first-order valence-electron chi connectivity index (χ1n) is 4.45. The zero-order chi connectivity index (χ0) is 11.0. The quantitative estimate of drug-likeness (QED) is 0.295. The fraction of sp³-hybridized carbons (Fsp3) is 0.182. The molecule has 15 heavy (non-hydrogen) atoms. The number of aryl methyl sites for hydroxylation is 1. The van der Waals surface area contributed by atoms with Crippen molar-refractivity contribution in [1.29, 1.82) is 0 Å². The summed E-state index contributed by atoms with van der Waals surface area (Å²) in [4.78, 5) is 33.4. The second-order valence-corrected chi connectivity index (χ2v) is 3.40. The molecule has 0 aliphatic carbocycles. The molecule has 1 unspecified atom stereocenters. The highest BCUT2D eigenvalue weighted by Gasteiger charge is 2.36. The Morgan fingerprint density at radius 3 is 2.73 bits per heavy atom. The number of aldehydes is 1. The zero-order valence-corrected chi connectivity index (χ0v) is 8.02. The van der Waals surface area contributed by atoms with Crippen LogP contribution < -0.4 is 4.74 Å². The van der Waals surface area contributed by atoms with Crippen molar-refractivity contribution < 1.29 is 19.1 Å². The first-order chi connectivity index (χ1) is 7.13. The predicted octanol–water partition coefficient (Wildman–Crippen LogP) is 0.912. The van der Waals surface area contributed by atoms with Crippen LogP contribution in [0.3, 0.4) is 0 Å². The molecule has 0 saturated heterocycles. The Morgan fingerprint density at radius 1 is 1.33 bits per heavy atom. The Bertz CT molecular complexity index is 462. The molecule has 0 amide bonds. The molecule has 4 nitrogen and oxygen atoms in total. The Labute approximate surface area is 85.8 Å². The second-order valence-electron chi connectivity index (χ2n) is 3.40. The van der Waals surface area contributed by atoms with Crippen LogP contribution in [0.4, 0.5) is 0 Å². The number of ether oxygens (including phenoxy) is 1. The van der Waals surface area contributed by atoms with E-state index < -0.39 is 17.7 Å². The molecule has 0 aromatic heterocycles. The van der Waals surface area contributed by atoms with Crippen molar-refractivity contribution in [1.82, 2.24) is 0 Å². The van der Waals surface area contributed by atoms with E-state index >= 15 is 0 Å². The van der Waals surface area contributed by atoms with Gasteiger partial charge in [0.15, 0.2) is 11.7 Å². The highest BCUT2D eigenvalue weighted by molar-refractivity contribution is 6.21. The van der Waals surface area contributed by atoms with Crippen LogP contribution in [0.1, 0.15) is 15.9 Å². The number of ketones is 1. The van der Waals surface area contributed by atoms with Crippen molar-refractivity contribution in [3.8, 4) is 5.75 Å². The van der Waals surface area contributed by atoms with E-state index in [4.69, 9.17) is 4.74 Å². The molecular formula is C11H8O4. The molecule has 1 aliphatic rings. The normalized spacial score (nSPS) is 19.4. The lowest BCUT2D eigenvalue weighted by molar-refractivity contribution is -0.139. The number of rotatable bonds is 1. The highest BCUT2D eigenvalue weighted by atomic mass is 16.5. The van der Waals surface area contributed by atoms with Gasteiger partial charge >= 0.3 is 5.97 Å². The van der Waals surface area contributed by atoms with Crippen LogP contribution in [0, 0.1) is 12.8 Å².